The van der Waals surface area contributed by atoms with Crippen LogP contribution in [0, 0.1) is 0 Å². The average Bonchev–Trinajstić information content (AvgIpc) is 2.57. The maximum atomic E-state index is 11.7. The van der Waals surface area contributed by atoms with Crippen LogP contribution >= 0.6 is 0 Å². The molecule has 8 heteroatoms. The van der Waals surface area contributed by atoms with Crippen molar-refractivity contribution in [1.29, 1.82) is 0 Å². The van der Waals surface area contributed by atoms with Gasteiger partial charge >= 0.3 is 0 Å². The smallest absolute Gasteiger partial charge is 0.245 e. The minimum atomic E-state index is -3.69. The van der Waals surface area contributed by atoms with Crippen molar-refractivity contribution >= 4 is 15.8 Å². The van der Waals surface area contributed by atoms with Crippen LogP contribution in [0.15, 0.2) is 11.1 Å². The molecule has 16 heavy (non-hydrogen) atoms. The van der Waals surface area contributed by atoms with E-state index in [0.717, 1.165) is 0 Å². The first-order valence-corrected chi connectivity index (χ1v) is 6.35. The zero-order valence-corrected chi connectivity index (χ0v) is 10.0. The molecule has 0 aromatic carbocycles. The number of nitrogen functional groups attached to an aromatic ring is 1. The maximum Gasteiger partial charge on any atom is 0.245 e. The van der Waals surface area contributed by atoms with Crippen LogP contribution in [0.2, 0.25) is 0 Å². The van der Waals surface area contributed by atoms with Gasteiger partial charge in [-0.05, 0) is 13.8 Å². The molecule has 0 spiro atoms. The summed E-state index contributed by atoms with van der Waals surface area (Å²) in [5.74, 6) is -0.0417. The third-order valence-corrected chi connectivity index (χ3v) is 3.38. The van der Waals surface area contributed by atoms with E-state index in [0.29, 0.717) is 6.54 Å². The molecule has 1 heterocycles. The molecule has 0 saturated carbocycles. The topological polar surface area (TPSA) is 110 Å². The zero-order chi connectivity index (χ0) is 12.3. The zero-order valence-electron chi connectivity index (χ0n) is 9.21. The number of nitrogens with two attached hydrogens (primary N) is 1. The molecule has 4 N–H and O–H groups in total. The molecule has 0 aliphatic carbocycles. The Labute approximate surface area is 94.3 Å². The Kier molecular flexibility index (Phi) is 3.89. The summed E-state index contributed by atoms with van der Waals surface area (Å²) in [6.07, 6.45) is 0.608. The number of hydrogen-bond donors (Lipinski definition) is 3. The molecular weight excluding hydrogens is 232 g/mol. The predicted molar refractivity (Wildman–Crippen MR) is 59.2 cm³/mol. The fourth-order valence-corrected chi connectivity index (χ4v) is 2.29. The summed E-state index contributed by atoms with van der Waals surface area (Å²) in [5.41, 5.74) is 5.50. The van der Waals surface area contributed by atoms with Gasteiger partial charge in [0.1, 0.15) is 4.90 Å². The maximum absolute atomic E-state index is 11.7. The fourth-order valence-electron chi connectivity index (χ4n) is 1.10. The monoisotopic (exact) mass is 248 g/mol. The Balaban J connectivity index is 2.93. The summed E-state index contributed by atoms with van der Waals surface area (Å²) in [6, 6.07) is 0. The van der Waals surface area contributed by atoms with Gasteiger partial charge in [0.15, 0.2) is 5.82 Å². The van der Waals surface area contributed by atoms with Crippen LogP contribution in [-0.4, -0.2) is 36.0 Å². The van der Waals surface area contributed by atoms with Crippen molar-refractivity contribution in [1.82, 2.24) is 14.5 Å². The Morgan fingerprint density at radius 2 is 2.31 bits per heavy atom. The van der Waals surface area contributed by atoms with Crippen LogP contribution in [0.5, 0.6) is 0 Å². The number of aryl methyl sites for hydroxylation is 1. The van der Waals surface area contributed by atoms with Gasteiger partial charge in [-0.2, -0.15) is 5.10 Å². The standard InChI is InChI=1S/C8H16N4O3S/c1-3-12-5-7(8(9)11-12)16(14,15)10-4-6(2)13/h5-6,10,13H,3-4H2,1-2H3,(H2,9,11)/t6-/m0/s1. The second-order valence-corrected chi connectivity index (χ2v) is 5.17. The van der Waals surface area contributed by atoms with Crippen molar-refractivity contribution in [3.05, 3.63) is 6.20 Å². The van der Waals surface area contributed by atoms with E-state index in [4.69, 9.17) is 10.8 Å². The predicted octanol–water partition coefficient (Wildman–Crippen LogP) is -0.856. The number of sulfonamides is 1. The Morgan fingerprint density at radius 1 is 1.69 bits per heavy atom. The van der Waals surface area contributed by atoms with E-state index in [1.807, 2.05) is 6.92 Å². The third kappa shape index (κ3) is 2.94. The minimum Gasteiger partial charge on any atom is -0.392 e. The molecule has 1 aromatic rings. The number of anilines is 1. The van der Waals surface area contributed by atoms with Gasteiger partial charge in [0, 0.05) is 19.3 Å². The molecule has 0 bridgehead atoms. The van der Waals surface area contributed by atoms with Crippen LogP contribution in [0.1, 0.15) is 13.8 Å². The van der Waals surface area contributed by atoms with Crippen LogP contribution in [-0.2, 0) is 16.6 Å². The summed E-state index contributed by atoms with van der Waals surface area (Å²) in [7, 11) is -3.69. The largest absolute Gasteiger partial charge is 0.392 e. The number of rotatable bonds is 5. The number of hydrogen-bond acceptors (Lipinski definition) is 5. The van der Waals surface area contributed by atoms with Crippen LogP contribution < -0.4 is 10.5 Å². The molecule has 92 valence electrons. The third-order valence-electron chi connectivity index (χ3n) is 1.94. The summed E-state index contributed by atoms with van der Waals surface area (Å²) in [6.45, 7) is 3.79. The second kappa shape index (κ2) is 4.81. The minimum absolute atomic E-state index is 0.0417. The van der Waals surface area contributed by atoms with Gasteiger partial charge in [0.05, 0.1) is 6.10 Å². The summed E-state index contributed by atoms with van der Waals surface area (Å²) >= 11 is 0. The molecule has 1 rings (SSSR count). The van der Waals surface area contributed by atoms with Gasteiger partial charge < -0.3 is 10.8 Å². The van der Waals surface area contributed by atoms with Gasteiger partial charge in [-0.25, -0.2) is 13.1 Å². The fraction of sp³-hybridized carbons (Fsp3) is 0.625. The first kappa shape index (κ1) is 12.9. The summed E-state index contributed by atoms with van der Waals surface area (Å²) in [5, 5.41) is 12.8. The lowest BCUT2D eigenvalue weighted by atomic mass is 10.4. The highest BCUT2D eigenvalue weighted by molar-refractivity contribution is 7.89. The number of aromatic nitrogens is 2. The Morgan fingerprint density at radius 3 is 2.75 bits per heavy atom. The average molecular weight is 248 g/mol. The van der Waals surface area contributed by atoms with Gasteiger partial charge in [0.25, 0.3) is 0 Å². The highest BCUT2D eigenvalue weighted by Gasteiger charge is 2.20. The first-order valence-electron chi connectivity index (χ1n) is 4.87. The Hall–Kier alpha value is -1.12. The van der Waals surface area contributed by atoms with Crippen LogP contribution in [0.3, 0.4) is 0 Å². The van der Waals surface area contributed by atoms with Crippen molar-refractivity contribution in [3.8, 4) is 0 Å². The van der Waals surface area contributed by atoms with Crippen molar-refractivity contribution in [2.24, 2.45) is 0 Å². The van der Waals surface area contributed by atoms with Gasteiger partial charge in [-0.15, -0.1) is 0 Å². The highest BCUT2D eigenvalue weighted by Crippen LogP contribution is 2.15. The van der Waals surface area contributed by atoms with Gasteiger partial charge in [-0.1, -0.05) is 0 Å². The van der Waals surface area contributed by atoms with E-state index in [2.05, 4.69) is 9.82 Å². The van der Waals surface area contributed by atoms with Crippen LogP contribution in [0.4, 0.5) is 5.82 Å². The van der Waals surface area contributed by atoms with Gasteiger partial charge in [0.2, 0.25) is 10.0 Å². The lowest BCUT2D eigenvalue weighted by molar-refractivity contribution is 0.198. The summed E-state index contributed by atoms with van der Waals surface area (Å²) in [4.78, 5) is -0.0602. The van der Waals surface area contributed by atoms with E-state index < -0.39 is 16.1 Å². The quantitative estimate of drug-likeness (QED) is 0.628. The molecule has 1 aromatic heterocycles. The molecule has 0 unspecified atom stereocenters. The van der Waals surface area contributed by atoms with E-state index in [1.165, 1.54) is 17.8 Å². The molecule has 0 aliphatic heterocycles. The second-order valence-electron chi connectivity index (χ2n) is 3.44. The molecule has 1 atom stereocenters. The number of aliphatic hydroxyl groups is 1. The lowest BCUT2D eigenvalue weighted by Gasteiger charge is -2.06. The van der Waals surface area contributed by atoms with Crippen LogP contribution in [0.25, 0.3) is 0 Å². The normalized spacial score (nSPS) is 13.9. The first-order chi connectivity index (χ1) is 7.36. The van der Waals surface area contributed by atoms with Crippen molar-refractivity contribution in [3.63, 3.8) is 0 Å². The SMILES string of the molecule is CCn1cc(S(=O)(=O)NC[C@H](C)O)c(N)n1. The van der Waals surface area contributed by atoms with E-state index in [9.17, 15) is 8.42 Å². The molecule has 0 fully saturated rings. The van der Waals surface area contributed by atoms with Crippen molar-refractivity contribution < 1.29 is 13.5 Å². The number of nitrogens with one attached hydrogen (secondary N) is 1. The van der Waals surface area contributed by atoms with E-state index in [1.54, 1.807) is 0 Å². The number of nitrogens with zero attached hydrogens (tertiary/aromatic N) is 2. The molecular formula is C8H16N4O3S. The number of aliphatic hydroxyl groups excluding tert-OH is 1. The molecule has 0 radical (unpaired) electrons. The lowest BCUT2D eigenvalue weighted by Crippen LogP contribution is -2.30. The van der Waals surface area contributed by atoms with E-state index >= 15 is 0 Å². The summed E-state index contributed by atoms with van der Waals surface area (Å²) < 4.78 is 27.1. The molecule has 7 nitrogen and oxygen atoms in total. The highest BCUT2D eigenvalue weighted by atomic mass is 32.2. The molecule has 0 saturated heterocycles. The molecule has 0 aliphatic rings. The molecule has 0 amide bonds. The van der Waals surface area contributed by atoms with Gasteiger partial charge in [-0.3, -0.25) is 4.68 Å². The van der Waals surface area contributed by atoms with Crippen molar-refractivity contribution in [2.75, 3.05) is 12.3 Å². The Bertz CT molecular complexity index is 452. The van der Waals surface area contributed by atoms with Crippen molar-refractivity contribution in [2.45, 2.75) is 31.4 Å². The van der Waals surface area contributed by atoms with E-state index in [-0.39, 0.29) is 17.3 Å².